The summed E-state index contributed by atoms with van der Waals surface area (Å²) in [6.07, 6.45) is 0.762. The molecular weight excluding hydrogens is 222 g/mol. The van der Waals surface area contributed by atoms with Crippen LogP contribution in [0.25, 0.3) is 0 Å². The molecule has 2 amide bonds. The summed E-state index contributed by atoms with van der Waals surface area (Å²) in [4.78, 5) is 24.0. The molecule has 0 radical (unpaired) electrons. The second kappa shape index (κ2) is 7.11. The number of carboxylic acids is 1. The number of nitrogens with one attached hydrogen (secondary N) is 2. The molecule has 0 aliphatic rings. The van der Waals surface area contributed by atoms with Gasteiger partial charge < -0.3 is 20.6 Å². The highest BCUT2D eigenvalue weighted by atomic mass is 16.4. The number of carbonyl (C=O) groups is 2. The molecule has 0 bridgehead atoms. The Kier molecular flexibility index (Phi) is 6.57. The molecule has 0 aliphatic carbocycles. The van der Waals surface area contributed by atoms with E-state index in [0.29, 0.717) is 6.54 Å². The molecule has 0 rings (SSSR count). The number of hydrogen-bond donors (Lipinski definition) is 3. The van der Waals surface area contributed by atoms with Crippen LogP contribution in [-0.4, -0.2) is 54.7 Å². The van der Waals surface area contributed by atoms with Crippen LogP contribution >= 0.6 is 0 Å². The van der Waals surface area contributed by atoms with Crippen molar-refractivity contribution in [1.29, 1.82) is 0 Å². The quantitative estimate of drug-likeness (QED) is 0.570. The lowest BCUT2D eigenvalue weighted by molar-refractivity contribution is -0.138. The van der Waals surface area contributed by atoms with Crippen molar-refractivity contribution in [3.8, 4) is 0 Å². The largest absolute Gasteiger partial charge is 0.481 e. The fourth-order valence-corrected chi connectivity index (χ4v) is 1.37. The molecular formula is C11H23N3O3. The highest BCUT2D eigenvalue weighted by molar-refractivity contribution is 5.76. The summed E-state index contributed by atoms with van der Waals surface area (Å²) < 4.78 is 0. The van der Waals surface area contributed by atoms with Crippen LogP contribution in [-0.2, 0) is 4.79 Å². The van der Waals surface area contributed by atoms with E-state index in [9.17, 15) is 9.59 Å². The molecule has 0 fully saturated rings. The maximum Gasteiger partial charge on any atom is 0.315 e. The summed E-state index contributed by atoms with van der Waals surface area (Å²) in [6, 6.07) is -0.324. The lowest BCUT2D eigenvalue weighted by Crippen LogP contribution is -2.49. The van der Waals surface area contributed by atoms with Crippen LogP contribution in [0, 0.1) is 0 Å². The van der Waals surface area contributed by atoms with Crippen LogP contribution in [0.2, 0.25) is 0 Å². The van der Waals surface area contributed by atoms with Crippen LogP contribution in [0.4, 0.5) is 4.79 Å². The highest BCUT2D eigenvalue weighted by Gasteiger charge is 2.23. The summed E-state index contributed by atoms with van der Waals surface area (Å²) in [7, 11) is 3.94. The van der Waals surface area contributed by atoms with Crippen molar-refractivity contribution < 1.29 is 14.7 Å². The molecule has 0 unspecified atom stereocenters. The van der Waals surface area contributed by atoms with E-state index in [1.807, 2.05) is 19.0 Å². The summed E-state index contributed by atoms with van der Waals surface area (Å²) in [5, 5.41) is 14.0. The third-order valence-corrected chi connectivity index (χ3v) is 2.11. The van der Waals surface area contributed by atoms with Gasteiger partial charge in [-0.15, -0.1) is 0 Å². The minimum Gasteiger partial charge on any atom is -0.481 e. The average Bonchev–Trinajstić information content (AvgIpc) is 2.08. The summed E-state index contributed by atoms with van der Waals surface area (Å²) in [5.41, 5.74) is -0.739. The maximum atomic E-state index is 11.5. The Hall–Kier alpha value is -1.30. The Morgan fingerprint density at radius 3 is 2.35 bits per heavy atom. The van der Waals surface area contributed by atoms with Gasteiger partial charge in [0, 0.05) is 12.1 Å². The van der Waals surface area contributed by atoms with Crippen LogP contribution in [0.5, 0.6) is 0 Å². The van der Waals surface area contributed by atoms with Gasteiger partial charge >= 0.3 is 12.0 Å². The minimum absolute atomic E-state index is 0.0991. The SMILES string of the molecule is CN(C)CCCNC(=O)NC(C)(C)CC(=O)O. The Balaban J connectivity index is 3.81. The number of aliphatic carboxylic acids is 1. The van der Waals surface area contributed by atoms with Crippen LogP contribution in [0.3, 0.4) is 0 Å². The van der Waals surface area contributed by atoms with E-state index >= 15 is 0 Å². The van der Waals surface area contributed by atoms with Crippen molar-refractivity contribution in [3.05, 3.63) is 0 Å². The zero-order valence-electron chi connectivity index (χ0n) is 11.0. The predicted molar refractivity (Wildman–Crippen MR) is 66.0 cm³/mol. The van der Waals surface area contributed by atoms with Gasteiger partial charge in [0.25, 0.3) is 0 Å². The van der Waals surface area contributed by atoms with Gasteiger partial charge in [0.05, 0.1) is 6.42 Å². The van der Waals surface area contributed by atoms with E-state index in [2.05, 4.69) is 10.6 Å². The third-order valence-electron chi connectivity index (χ3n) is 2.11. The number of amides is 2. The van der Waals surface area contributed by atoms with Gasteiger partial charge in [0.15, 0.2) is 0 Å². The van der Waals surface area contributed by atoms with E-state index in [0.717, 1.165) is 13.0 Å². The summed E-state index contributed by atoms with van der Waals surface area (Å²) >= 11 is 0. The summed E-state index contributed by atoms with van der Waals surface area (Å²) in [5.74, 6) is -0.928. The van der Waals surface area contributed by atoms with Gasteiger partial charge in [-0.25, -0.2) is 4.79 Å². The van der Waals surface area contributed by atoms with Crippen LogP contribution in [0.15, 0.2) is 0 Å². The number of nitrogens with zero attached hydrogens (tertiary/aromatic N) is 1. The van der Waals surface area contributed by atoms with E-state index in [1.165, 1.54) is 0 Å². The second-order valence-electron chi connectivity index (χ2n) is 4.99. The normalized spacial score (nSPS) is 11.4. The number of urea groups is 1. The van der Waals surface area contributed by atoms with E-state index in [-0.39, 0.29) is 12.5 Å². The molecule has 6 heteroatoms. The van der Waals surface area contributed by atoms with Crippen molar-refractivity contribution in [2.24, 2.45) is 0 Å². The van der Waals surface area contributed by atoms with Gasteiger partial charge in [-0.1, -0.05) is 0 Å². The number of hydrogen-bond acceptors (Lipinski definition) is 3. The van der Waals surface area contributed by atoms with Gasteiger partial charge in [-0.3, -0.25) is 4.79 Å². The fourth-order valence-electron chi connectivity index (χ4n) is 1.37. The van der Waals surface area contributed by atoms with E-state index in [4.69, 9.17) is 5.11 Å². The fraction of sp³-hybridized carbons (Fsp3) is 0.818. The van der Waals surface area contributed by atoms with Crippen LogP contribution in [0.1, 0.15) is 26.7 Å². The van der Waals surface area contributed by atoms with Crippen molar-refractivity contribution in [2.45, 2.75) is 32.2 Å². The smallest absolute Gasteiger partial charge is 0.315 e. The molecule has 0 spiro atoms. The second-order valence-corrected chi connectivity index (χ2v) is 4.99. The molecule has 0 saturated carbocycles. The molecule has 0 aromatic rings. The molecule has 0 aromatic carbocycles. The first-order valence-electron chi connectivity index (χ1n) is 5.65. The summed E-state index contributed by atoms with van der Waals surface area (Å²) in [6.45, 7) is 4.84. The Morgan fingerprint density at radius 2 is 1.88 bits per heavy atom. The van der Waals surface area contributed by atoms with Gasteiger partial charge in [-0.2, -0.15) is 0 Å². The molecule has 3 N–H and O–H groups in total. The first kappa shape index (κ1) is 15.7. The zero-order valence-corrected chi connectivity index (χ0v) is 11.0. The highest BCUT2D eigenvalue weighted by Crippen LogP contribution is 2.07. The lowest BCUT2D eigenvalue weighted by Gasteiger charge is -2.24. The number of carbonyl (C=O) groups excluding carboxylic acids is 1. The van der Waals surface area contributed by atoms with Gasteiger partial charge in [-0.05, 0) is 40.9 Å². The Bertz CT molecular complexity index is 265. The van der Waals surface area contributed by atoms with Gasteiger partial charge in [0.2, 0.25) is 0 Å². The van der Waals surface area contributed by atoms with Crippen molar-refractivity contribution >= 4 is 12.0 Å². The Labute approximate surface area is 102 Å². The number of rotatable bonds is 7. The zero-order chi connectivity index (χ0) is 13.5. The predicted octanol–water partition coefficient (Wildman–Crippen LogP) is 0.491. The molecule has 0 atom stereocenters. The first-order chi connectivity index (χ1) is 7.73. The molecule has 100 valence electrons. The first-order valence-corrected chi connectivity index (χ1v) is 5.65. The Morgan fingerprint density at radius 1 is 1.29 bits per heavy atom. The van der Waals surface area contributed by atoms with Gasteiger partial charge in [0.1, 0.15) is 0 Å². The molecule has 0 heterocycles. The molecule has 17 heavy (non-hydrogen) atoms. The molecule has 0 saturated heterocycles. The molecule has 0 aliphatic heterocycles. The van der Waals surface area contributed by atoms with Crippen molar-refractivity contribution in [2.75, 3.05) is 27.2 Å². The van der Waals surface area contributed by atoms with Crippen molar-refractivity contribution in [1.82, 2.24) is 15.5 Å². The molecule has 0 aromatic heterocycles. The standard InChI is InChI=1S/C11H23N3O3/c1-11(2,8-9(15)16)13-10(17)12-6-5-7-14(3)4/h5-8H2,1-4H3,(H,15,16)(H2,12,13,17). The third kappa shape index (κ3) is 9.62. The maximum absolute atomic E-state index is 11.5. The molecule has 6 nitrogen and oxygen atoms in total. The lowest BCUT2D eigenvalue weighted by atomic mass is 10.0. The van der Waals surface area contributed by atoms with Crippen LogP contribution < -0.4 is 10.6 Å². The topological polar surface area (TPSA) is 81.7 Å². The number of carboxylic acid groups (broad SMARTS) is 1. The minimum atomic E-state index is -0.928. The monoisotopic (exact) mass is 245 g/mol. The average molecular weight is 245 g/mol. The van der Waals surface area contributed by atoms with E-state index in [1.54, 1.807) is 13.8 Å². The van der Waals surface area contributed by atoms with E-state index < -0.39 is 11.5 Å². The van der Waals surface area contributed by atoms with Crippen molar-refractivity contribution in [3.63, 3.8) is 0 Å².